The number of ether oxygens (including phenoxy) is 1. The van der Waals surface area contributed by atoms with Crippen molar-refractivity contribution in [3.8, 4) is 0 Å². The van der Waals surface area contributed by atoms with Crippen molar-refractivity contribution in [1.82, 2.24) is 9.80 Å². The monoisotopic (exact) mass is 220 g/mol. The van der Waals surface area contributed by atoms with Gasteiger partial charge in [-0.15, -0.1) is 0 Å². The Bertz CT molecular complexity index is 269. The van der Waals surface area contributed by atoms with Crippen LogP contribution < -0.4 is 0 Å². The number of alkyl halides is 2. The van der Waals surface area contributed by atoms with Crippen LogP contribution in [-0.2, 0) is 4.74 Å². The summed E-state index contributed by atoms with van der Waals surface area (Å²) >= 11 is 0. The van der Waals surface area contributed by atoms with Crippen LogP contribution in [0, 0.1) is 0 Å². The van der Waals surface area contributed by atoms with Gasteiger partial charge in [-0.1, -0.05) is 0 Å². The molecule has 2 saturated heterocycles. The standard InChI is InChI=1S/C9H14F2N2O2/c1-12-8(14)13(4-7(10)11)3-2-9(12)5-15-6-9/h7H,2-6H2,1H3. The average Bonchev–Trinajstić information content (AvgIpc) is 2.10. The Balaban J connectivity index is 2.01. The van der Waals surface area contributed by atoms with Crippen molar-refractivity contribution in [2.75, 3.05) is 33.4 Å². The van der Waals surface area contributed by atoms with E-state index in [9.17, 15) is 13.6 Å². The number of halogens is 2. The highest BCUT2D eigenvalue weighted by atomic mass is 19.3. The lowest BCUT2D eigenvalue weighted by Gasteiger charge is -2.53. The van der Waals surface area contributed by atoms with Gasteiger partial charge in [0.25, 0.3) is 6.43 Å². The maximum Gasteiger partial charge on any atom is 0.320 e. The quantitative estimate of drug-likeness (QED) is 0.689. The lowest BCUT2D eigenvalue weighted by Crippen LogP contribution is -2.69. The fraction of sp³-hybridized carbons (Fsp3) is 0.889. The largest absolute Gasteiger partial charge is 0.376 e. The topological polar surface area (TPSA) is 32.8 Å². The van der Waals surface area contributed by atoms with Crippen molar-refractivity contribution in [2.45, 2.75) is 18.4 Å². The highest BCUT2D eigenvalue weighted by molar-refractivity contribution is 5.76. The molecule has 0 aromatic rings. The zero-order valence-corrected chi connectivity index (χ0v) is 8.58. The minimum atomic E-state index is -2.46. The summed E-state index contributed by atoms with van der Waals surface area (Å²) in [5.41, 5.74) is -0.226. The summed E-state index contributed by atoms with van der Waals surface area (Å²) in [7, 11) is 1.66. The number of carbonyl (C=O) groups excluding carboxylic acids is 1. The average molecular weight is 220 g/mol. The Kier molecular flexibility index (Phi) is 2.54. The summed E-state index contributed by atoms with van der Waals surface area (Å²) in [5, 5.41) is 0. The van der Waals surface area contributed by atoms with E-state index in [1.165, 1.54) is 4.90 Å². The molecule has 0 saturated carbocycles. The maximum absolute atomic E-state index is 12.2. The number of carbonyl (C=O) groups is 1. The molecule has 0 N–H and O–H groups in total. The minimum absolute atomic E-state index is 0.226. The Morgan fingerprint density at radius 3 is 2.67 bits per heavy atom. The summed E-state index contributed by atoms with van der Waals surface area (Å²) < 4.78 is 29.4. The van der Waals surface area contributed by atoms with E-state index < -0.39 is 13.0 Å². The Morgan fingerprint density at radius 2 is 2.20 bits per heavy atom. The van der Waals surface area contributed by atoms with E-state index in [1.54, 1.807) is 11.9 Å². The van der Waals surface area contributed by atoms with Crippen molar-refractivity contribution in [1.29, 1.82) is 0 Å². The summed E-state index contributed by atoms with van der Waals surface area (Å²) in [6, 6.07) is -0.315. The van der Waals surface area contributed by atoms with Crippen LogP contribution in [0.25, 0.3) is 0 Å². The summed E-state index contributed by atoms with van der Waals surface area (Å²) in [6.07, 6.45) is -1.75. The van der Waals surface area contributed by atoms with Gasteiger partial charge in [0.15, 0.2) is 0 Å². The number of urea groups is 1. The van der Waals surface area contributed by atoms with Crippen LogP contribution in [0.5, 0.6) is 0 Å². The van der Waals surface area contributed by atoms with E-state index >= 15 is 0 Å². The predicted octanol–water partition coefficient (Wildman–Crippen LogP) is 0.778. The first kappa shape index (κ1) is 10.6. The summed E-state index contributed by atoms with van der Waals surface area (Å²) in [4.78, 5) is 14.5. The molecule has 1 spiro atoms. The maximum atomic E-state index is 12.2. The molecule has 4 nitrogen and oxygen atoms in total. The Morgan fingerprint density at radius 1 is 1.53 bits per heavy atom. The van der Waals surface area contributed by atoms with Crippen molar-refractivity contribution in [2.24, 2.45) is 0 Å². The van der Waals surface area contributed by atoms with Gasteiger partial charge >= 0.3 is 6.03 Å². The van der Waals surface area contributed by atoms with Crippen LogP contribution in [0.2, 0.25) is 0 Å². The molecule has 2 fully saturated rings. The van der Waals surface area contributed by atoms with Gasteiger partial charge in [-0.05, 0) is 6.42 Å². The number of nitrogens with zero attached hydrogens (tertiary/aromatic N) is 2. The third-order valence-corrected chi connectivity index (χ3v) is 3.22. The Hall–Kier alpha value is -0.910. The van der Waals surface area contributed by atoms with E-state index in [-0.39, 0.29) is 11.6 Å². The van der Waals surface area contributed by atoms with E-state index in [0.29, 0.717) is 26.2 Å². The lowest BCUT2D eigenvalue weighted by molar-refractivity contribution is -0.137. The molecule has 0 aromatic carbocycles. The first-order valence-corrected chi connectivity index (χ1v) is 4.94. The van der Waals surface area contributed by atoms with Crippen LogP contribution in [0.1, 0.15) is 6.42 Å². The van der Waals surface area contributed by atoms with Gasteiger partial charge < -0.3 is 14.5 Å². The molecule has 0 atom stereocenters. The molecule has 0 radical (unpaired) electrons. The van der Waals surface area contributed by atoms with Gasteiger partial charge in [-0.2, -0.15) is 0 Å². The molecule has 2 heterocycles. The molecule has 2 aliphatic heterocycles. The zero-order valence-electron chi connectivity index (χ0n) is 8.58. The van der Waals surface area contributed by atoms with Crippen LogP contribution in [0.4, 0.5) is 13.6 Å². The van der Waals surface area contributed by atoms with Crippen LogP contribution >= 0.6 is 0 Å². The zero-order chi connectivity index (χ0) is 11.1. The molecule has 0 aromatic heterocycles. The van der Waals surface area contributed by atoms with Crippen molar-refractivity contribution in [3.05, 3.63) is 0 Å². The second-order valence-corrected chi connectivity index (χ2v) is 4.15. The van der Waals surface area contributed by atoms with Crippen molar-refractivity contribution < 1.29 is 18.3 Å². The third-order valence-electron chi connectivity index (χ3n) is 3.22. The molecule has 0 aliphatic carbocycles. The summed E-state index contributed by atoms with van der Waals surface area (Å²) in [5.74, 6) is 0. The van der Waals surface area contributed by atoms with Gasteiger partial charge in [0.05, 0.1) is 25.3 Å². The van der Waals surface area contributed by atoms with Crippen LogP contribution in [0.3, 0.4) is 0 Å². The van der Waals surface area contributed by atoms with Crippen LogP contribution in [-0.4, -0.2) is 61.1 Å². The summed E-state index contributed by atoms with van der Waals surface area (Å²) in [6.45, 7) is 0.979. The first-order chi connectivity index (χ1) is 7.05. The normalized spacial score (nSPS) is 24.9. The van der Waals surface area contributed by atoms with E-state index in [2.05, 4.69) is 0 Å². The van der Waals surface area contributed by atoms with Crippen molar-refractivity contribution >= 4 is 6.03 Å². The molecule has 0 bridgehead atoms. The smallest absolute Gasteiger partial charge is 0.320 e. The van der Waals surface area contributed by atoms with Gasteiger partial charge in [0, 0.05) is 13.6 Å². The third kappa shape index (κ3) is 1.67. The molecule has 2 aliphatic rings. The predicted molar refractivity (Wildman–Crippen MR) is 48.9 cm³/mol. The molecular weight excluding hydrogens is 206 g/mol. The van der Waals surface area contributed by atoms with Gasteiger partial charge in [0.2, 0.25) is 0 Å². The highest BCUT2D eigenvalue weighted by Crippen LogP contribution is 2.32. The molecule has 2 rings (SSSR count). The molecule has 0 unspecified atom stereocenters. The highest BCUT2D eigenvalue weighted by Gasteiger charge is 2.49. The number of amides is 2. The second-order valence-electron chi connectivity index (χ2n) is 4.15. The van der Waals surface area contributed by atoms with Gasteiger partial charge in [-0.25, -0.2) is 13.6 Å². The molecule has 6 heteroatoms. The second kappa shape index (κ2) is 3.59. The van der Waals surface area contributed by atoms with E-state index in [0.717, 1.165) is 0 Å². The van der Waals surface area contributed by atoms with E-state index in [1.807, 2.05) is 0 Å². The Labute approximate surface area is 86.8 Å². The SMILES string of the molecule is CN1C(=O)N(CC(F)F)CCC12COC2. The van der Waals surface area contributed by atoms with Crippen molar-refractivity contribution in [3.63, 3.8) is 0 Å². The minimum Gasteiger partial charge on any atom is -0.376 e. The first-order valence-electron chi connectivity index (χ1n) is 4.94. The number of rotatable bonds is 2. The van der Waals surface area contributed by atoms with E-state index in [4.69, 9.17) is 4.74 Å². The molecule has 86 valence electrons. The number of hydrogen-bond donors (Lipinski definition) is 0. The fourth-order valence-electron chi connectivity index (χ4n) is 2.03. The molecule has 2 amide bonds. The van der Waals surface area contributed by atoms with Gasteiger partial charge in [0.1, 0.15) is 0 Å². The van der Waals surface area contributed by atoms with Gasteiger partial charge in [-0.3, -0.25) is 0 Å². The molecule has 15 heavy (non-hydrogen) atoms. The van der Waals surface area contributed by atoms with Crippen LogP contribution in [0.15, 0.2) is 0 Å². The molecular formula is C9H14F2N2O2. The number of likely N-dealkylation sites (N-methyl/N-ethyl adjacent to an activating group) is 1. The lowest BCUT2D eigenvalue weighted by atomic mass is 9.89. The fourth-order valence-corrected chi connectivity index (χ4v) is 2.03. The number of hydrogen-bond acceptors (Lipinski definition) is 2.